The molecule has 0 aliphatic heterocycles. The molecule has 0 saturated heterocycles. The van der Waals surface area contributed by atoms with Crippen LogP contribution in [-0.2, 0) is 16.1 Å². The topological polar surface area (TPSA) is 94.1 Å². The summed E-state index contributed by atoms with van der Waals surface area (Å²) < 4.78 is 15.6. The number of ether oxygens (including phenoxy) is 3. The van der Waals surface area contributed by atoms with Gasteiger partial charge in [0.2, 0.25) is 0 Å². The Hall–Kier alpha value is -3.22. The van der Waals surface area contributed by atoms with Crippen molar-refractivity contribution in [3.05, 3.63) is 59.7 Å². The van der Waals surface area contributed by atoms with Crippen molar-refractivity contribution in [3.63, 3.8) is 0 Å². The minimum absolute atomic E-state index is 0.0895. The maximum atomic E-state index is 12.1. The first-order valence-corrected chi connectivity index (χ1v) is 7.94. The average molecular weight is 359 g/mol. The molecule has 0 aliphatic rings. The van der Waals surface area contributed by atoms with Crippen molar-refractivity contribution >= 4 is 12.1 Å². The third-order valence-corrected chi connectivity index (χ3v) is 3.70. The standard InChI is InChI=1S/C19H21NO6/c1-24-14-8-9-15(17(10-14)25-2)16(11-18(21)22)20-19(23)26-12-13-6-4-3-5-7-13/h3-10,16H,11-12H2,1-2H3,(H,20,23)(H,21,22)/t16-/m1/s1. The van der Waals surface area contributed by atoms with Crippen LogP contribution in [0.2, 0.25) is 0 Å². The van der Waals surface area contributed by atoms with Crippen molar-refractivity contribution in [1.82, 2.24) is 5.32 Å². The van der Waals surface area contributed by atoms with Crippen molar-refractivity contribution in [3.8, 4) is 11.5 Å². The van der Waals surface area contributed by atoms with E-state index in [1.165, 1.54) is 14.2 Å². The highest BCUT2D eigenvalue weighted by Crippen LogP contribution is 2.31. The summed E-state index contributed by atoms with van der Waals surface area (Å²) in [6, 6.07) is 13.3. The lowest BCUT2D eigenvalue weighted by Crippen LogP contribution is -2.31. The van der Waals surface area contributed by atoms with Crippen molar-refractivity contribution in [1.29, 1.82) is 0 Å². The lowest BCUT2D eigenvalue weighted by atomic mass is 10.0. The van der Waals surface area contributed by atoms with Crippen LogP contribution < -0.4 is 14.8 Å². The van der Waals surface area contributed by atoms with Gasteiger partial charge in [0.1, 0.15) is 18.1 Å². The molecule has 0 bridgehead atoms. The number of carboxylic acids is 1. The van der Waals surface area contributed by atoms with Crippen molar-refractivity contribution < 1.29 is 28.9 Å². The molecule has 1 amide bonds. The Morgan fingerprint density at radius 2 is 1.81 bits per heavy atom. The van der Waals surface area contributed by atoms with E-state index in [1.807, 2.05) is 30.3 Å². The van der Waals surface area contributed by atoms with Crippen LogP contribution in [0.1, 0.15) is 23.6 Å². The number of hydrogen-bond donors (Lipinski definition) is 2. The van der Waals surface area contributed by atoms with Crippen LogP contribution in [0.25, 0.3) is 0 Å². The van der Waals surface area contributed by atoms with Crippen molar-refractivity contribution in [2.45, 2.75) is 19.1 Å². The molecule has 2 N–H and O–H groups in total. The third kappa shape index (κ3) is 5.41. The maximum Gasteiger partial charge on any atom is 0.407 e. The lowest BCUT2D eigenvalue weighted by molar-refractivity contribution is -0.137. The van der Waals surface area contributed by atoms with Crippen LogP contribution in [0.15, 0.2) is 48.5 Å². The predicted molar refractivity (Wildman–Crippen MR) is 94.3 cm³/mol. The Labute approximate surface area is 151 Å². The van der Waals surface area contributed by atoms with Crippen LogP contribution in [-0.4, -0.2) is 31.4 Å². The SMILES string of the molecule is COc1ccc([C@@H](CC(=O)O)NC(=O)OCc2ccccc2)c(OC)c1. The van der Waals surface area contributed by atoms with Crippen LogP contribution in [0.5, 0.6) is 11.5 Å². The molecule has 2 aromatic carbocycles. The Morgan fingerprint density at radius 1 is 1.08 bits per heavy atom. The third-order valence-electron chi connectivity index (χ3n) is 3.70. The Bertz CT molecular complexity index is 747. The molecule has 7 nitrogen and oxygen atoms in total. The number of nitrogens with one attached hydrogen (secondary N) is 1. The fraction of sp³-hybridized carbons (Fsp3) is 0.263. The van der Waals surface area contributed by atoms with E-state index in [9.17, 15) is 14.7 Å². The second-order valence-electron chi connectivity index (χ2n) is 5.46. The zero-order chi connectivity index (χ0) is 18.9. The number of aliphatic carboxylic acids is 1. The predicted octanol–water partition coefficient (Wildman–Crippen LogP) is 3.15. The summed E-state index contributed by atoms with van der Waals surface area (Å²) in [4.78, 5) is 23.3. The smallest absolute Gasteiger partial charge is 0.407 e. The van der Waals surface area contributed by atoms with E-state index in [0.717, 1.165) is 5.56 Å². The van der Waals surface area contributed by atoms with Gasteiger partial charge in [0.15, 0.2) is 0 Å². The molecule has 26 heavy (non-hydrogen) atoms. The van der Waals surface area contributed by atoms with Crippen molar-refractivity contribution in [2.24, 2.45) is 0 Å². The van der Waals surface area contributed by atoms with E-state index in [4.69, 9.17) is 14.2 Å². The number of carbonyl (C=O) groups excluding carboxylic acids is 1. The zero-order valence-electron chi connectivity index (χ0n) is 14.6. The molecule has 0 radical (unpaired) electrons. The van der Waals surface area contributed by atoms with E-state index in [1.54, 1.807) is 18.2 Å². The summed E-state index contributed by atoms with van der Waals surface area (Å²) in [7, 11) is 2.98. The largest absolute Gasteiger partial charge is 0.497 e. The zero-order valence-corrected chi connectivity index (χ0v) is 14.6. The first kappa shape index (κ1) is 19.1. The first-order chi connectivity index (χ1) is 12.5. The minimum Gasteiger partial charge on any atom is -0.497 e. The quantitative estimate of drug-likeness (QED) is 0.752. The van der Waals surface area contributed by atoms with Gasteiger partial charge in [-0.2, -0.15) is 0 Å². The van der Waals surface area contributed by atoms with Gasteiger partial charge in [-0.1, -0.05) is 30.3 Å². The monoisotopic (exact) mass is 359 g/mol. The Morgan fingerprint density at radius 3 is 2.42 bits per heavy atom. The summed E-state index contributed by atoms with van der Waals surface area (Å²) in [5, 5.41) is 11.8. The molecule has 0 fully saturated rings. The highest BCUT2D eigenvalue weighted by molar-refractivity contribution is 5.72. The average Bonchev–Trinajstić information content (AvgIpc) is 2.65. The molecule has 1 atom stereocenters. The van der Waals surface area contributed by atoms with Gasteiger partial charge in [-0.25, -0.2) is 4.79 Å². The number of methoxy groups -OCH3 is 2. The molecule has 2 rings (SSSR count). The van der Waals surface area contributed by atoms with Gasteiger partial charge in [0.25, 0.3) is 0 Å². The number of hydrogen-bond acceptors (Lipinski definition) is 5. The highest BCUT2D eigenvalue weighted by Gasteiger charge is 2.22. The minimum atomic E-state index is -1.06. The van der Waals surface area contributed by atoms with E-state index >= 15 is 0 Å². The second-order valence-corrected chi connectivity index (χ2v) is 5.46. The van der Waals surface area contributed by atoms with E-state index in [2.05, 4.69) is 5.32 Å². The van der Waals surface area contributed by atoms with Crippen LogP contribution in [0.3, 0.4) is 0 Å². The molecule has 0 saturated carbocycles. The summed E-state index contributed by atoms with van der Waals surface area (Å²) in [5.41, 5.74) is 1.35. The van der Waals surface area contributed by atoms with Gasteiger partial charge in [-0.15, -0.1) is 0 Å². The second kappa shape index (κ2) is 9.31. The fourth-order valence-electron chi connectivity index (χ4n) is 2.43. The van der Waals surface area contributed by atoms with Gasteiger partial charge >= 0.3 is 12.1 Å². The number of carbonyl (C=O) groups is 2. The summed E-state index contributed by atoms with van der Waals surface area (Å²) in [6.07, 6.45) is -1.03. The summed E-state index contributed by atoms with van der Waals surface area (Å²) in [6.45, 7) is 0.0895. The van der Waals surface area contributed by atoms with Crippen LogP contribution >= 0.6 is 0 Å². The van der Waals surface area contributed by atoms with E-state index < -0.39 is 18.1 Å². The molecular weight excluding hydrogens is 338 g/mol. The fourth-order valence-corrected chi connectivity index (χ4v) is 2.43. The molecule has 0 aliphatic carbocycles. The Balaban J connectivity index is 2.11. The van der Waals surface area contributed by atoms with E-state index in [-0.39, 0.29) is 13.0 Å². The number of benzene rings is 2. The number of carboxylic acid groups (broad SMARTS) is 1. The molecule has 0 unspecified atom stereocenters. The summed E-state index contributed by atoms with van der Waals surface area (Å²) in [5.74, 6) is -0.0819. The van der Waals surface area contributed by atoms with Gasteiger partial charge in [0.05, 0.1) is 26.7 Å². The van der Waals surface area contributed by atoms with Crippen LogP contribution in [0.4, 0.5) is 4.79 Å². The Kier molecular flexibility index (Phi) is 6.84. The van der Waals surface area contributed by atoms with Gasteiger partial charge in [-0.05, 0) is 17.7 Å². The lowest BCUT2D eigenvalue weighted by Gasteiger charge is -2.20. The maximum absolute atomic E-state index is 12.1. The van der Waals surface area contributed by atoms with E-state index in [0.29, 0.717) is 17.1 Å². The van der Waals surface area contributed by atoms with Gasteiger partial charge in [0, 0.05) is 11.6 Å². The molecule has 138 valence electrons. The first-order valence-electron chi connectivity index (χ1n) is 7.94. The molecule has 2 aromatic rings. The number of rotatable bonds is 8. The highest BCUT2D eigenvalue weighted by atomic mass is 16.5. The normalized spacial score (nSPS) is 11.3. The number of alkyl carbamates (subject to hydrolysis) is 1. The number of amides is 1. The van der Waals surface area contributed by atoms with Gasteiger partial charge < -0.3 is 24.6 Å². The molecule has 7 heteroatoms. The van der Waals surface area contributed by atoms with Crippen LogP contribution in [0, 0.1) is 0 Å². The molecule has 0 aromatic heterocycles. The molecular formula is C19H21NO6. The van der Waals surface area contributed by atoms with Crippen molar-refractivity contribution in [2.75, 3.05) is 14.2 Å². The van der Waals surface area contributed by atoms with Gasteiger partial charge in [-0.3, -0.25) is 4.79 Å². The summed E-state index contributed by atoms with van der Waals surface area (Å²) >= 11 is 0. The molecule has 0 spiro atoms. The molecule has 0 heterocycles.